The Morgan fingerprint density at radius 3 is 2.64 bits per heavy atom. The molecule has 176 valence electrons. The summed E-state index contributed by atoms with van der Waals surface area (Å²) in [4.78, 5) is 16.1. The molecule has 0 spiro atoms. The van der Waals surface area contributed by atoms with Crippen LogP contribution in [0.15, 0.2) is 42.5 Å². The quantitative estimate of drug-likeness (QED) is 0.273. The summed E-state index contributed by atoms with van der Waals surface area (Å²) < 4.78 is 15.9. The molecular formula is C27H33NO5. The van der Waals surface area contributed by atoms with Gasteiger partial charge in [0.05, 0.1) is 32.9 Å². The minimum Gasteiger partial charge on any atom is -0.497 e. The third kappa shape index (κ3) is 10.2. The number of hydrogen-bond acceptors (Lipinski definition) is 6. The highest BCUT2D eigenvalue weighted by Gasteiger charge is 2.10. The number of carbonyl (C=O) groups is 1. The Kier molecular flexibility index (Phi) is 12.2. The number of allylic oxidation sites excluding steroid dienone is 1. The van der Waals surface area contributed by atoms with Gasteiger partial charge in [0, 0.05) is 19.4 Å². The SMILES string of the molecule is COC(=O)CCc1nc(C#CCCCO)ccc1OCCCCC=Cc1ccc(OC)cc1. The van der Waals surface area contributed by atoms with Crippen LogP contribution >= 0.6 is 0 Å². The van der Waals surface area contributed by atoms with Crippen molar-refractivity contribution in [2.24, 2.45) is 0 Å². The Balaban J connectivity index is 1.84. The lowest BCUT2D eigenvalue weighted by atomic mass is 10.1. The first-order chi connectivity index (χ1) is 16.2. The number of benzene rings is 1. The number of nitrogens with zero attached hydrogens (tertiary/aromatic N) is 1. The third-order valence-electron chi connectivity index (χ3n) is 4.85. The number of unbranched alkanes of at least 4 members (excludes halogenated alkanes) is 3. The Labute approximate surface area is 196 Å². The van der Waals surface area contributed by atoms with Crippen LogP contribution in [0.25, 0.3) is 6.08 Å². The van der Waals surface area contributed by atoms with Crippen LogP contribution in [0.4, 0.5) is 0 Å². The standard InChI is InChI=1S/C27H33NO5/c1-31-24-15-12-22(13-16-24)10-6-3-4-9-21-33-26-18-14-23(11-7-5-8-20-29)28-25(26)17-19-27(30)32-2/h6,10,12-16,18,29H,3-5,8-9,17,19-21H2,1-2H3. The average Bonchev–Trinajstić information content (AvgIpc) is 2.85. The van der Waals surface area contributed by atoms with E-state index in [9.17, 15) is 4.79 Å². The molecular weight excluding hydrogens is 418 g/mol. The van der Waals surface area contributed by atoms with Gasteiger partial charge in [0.25, 0.3) is 0 Å². The van der Waals surface area contributed by atoms with Gasteiger partial charge in [-0.15, -0.1) is 0 Å². The van der Waals surface area contributed by atoms with Crippen LogP contribution in [-0.2, 0) is 16.0 Å². The molecule has 2 rings (SSSR count). The van der Waals surface area contributed by atoms with Gasteiger partial charge in [-0.3, -0.25) is 4.79 Å². The maximum Gasteiger partial charge on any atom is 0.305 e. The van der Waals surface area contributed by atoms with Crippen LogP contribution < -0.4 is 9.47 Å². The minimum absolute atomic E-state index is 0.122. The Bertz CT molecular complexity index is 941. The lowest BCUT2D eigenvalue weighted by molar-refractivity contribution is -0.140. The molecule has 0 aliphatic carbocycles. The van der Waals surface area contributed by atoms with Crippen LogP contribution in [0.2, 0.25) is 0 Å². The highest BCUT2D eigenvalue weighted by molar-refractivity contribution is 5.69. The topological polar surface area (TPSA) is 77.9 Å². The maximum atomic E-state index is 11.6. The van der Waals surface area contributed by atoms with E-state index in [-0.39, 0.29) is 19.0 Å². The number of methoxy groups -OCH3 is 2. The van der Waals surface area contributed by atoms with Crippen molar-refractivity contribution in [3.8, 4) is 23.3 Å². The highest BCUT2D eigenvalue weighted by atomic mass is 16.5. The first-order valence-electron chi connectivity index (χ1n) is 11.3. The van der Waals surface area contributed by atoms with E-state index in [1.807, 2.05) is 36.4 Å². The first kappa shape index (κ1) is 26.0. The number of aliphatic hydroxyl groups is 1. The van der Waals surface area contributed by atoms with E-state index in [0.717, 1.165) is 30.6 Å². The second-order valence-electron chi connectivity index (χ2n) is 7.37. The molecule has 0 bridgehead atoms. The molecule has 6 nitrogen and oxygen atoms in total. The van der Waals surface area contributed by atoms with Crippen molar-refractivity contribution in [1.29, 1.82) is 0 Å². The van der Waals surface area contributed by atoms with Crippen molar-refractivity contribution in [2.45, 2.75) is 44.9 Å². The monoisotopic (exact) mass is 451 g/mol. The summed E-state index contributed by atoms with van der Waals surface area (Å²) in [5, 5.41) is 8.86. The van der Waals surface area contributed by atoms with Crippen molar-refractivity contribution in [2.75, 3.05) is 27.4 Å². The number of carbonyl (C=O) groups excluding carboxylic acids is 1. The van der Waals surface area contributed by atoms with E-state index in [2.05, 4.69) is 29.0 Å². The molecule has 33 heavy (non-hydrogen) atoms. The molecule has 1 aromatic heterocycles. The largest absolute Gasteiger partial charge is 0.497 e. The van der Waals surface area contributed by atoms with Crippen LogP contribution in [0, 0.1) is 11.8 Å². The molecule has 0 aliphatic heterocycles. The van der Waals surface area contributed by atoms with E-state index in [1.165, 1.54) is 7.11 Å². The number of ether oxygens (including phenoxy) is 3. The van der Waals surface area contributed by atoms with Gasteiger partial charge in [-0.2, -0.15) is 0 Å². The lowest BCUT2D eigenvalue weighted by Gasteiger charge is -2.11. The number of esters is 1. The van der Waals surface area contributed by atoms with Gasteiger partial charge in [0.15, 0.2) is 0 Å². The van der Waals surface area contributed by atoms with Crippen molar-refractivity contribution in [1.82, 2.24) is 4.98 Å². The average molecular weight is 452 g/mol. The number of pyridine rings is 1. The van der Waals surface area contributed by atoms with Gasteiger partial charge < -0.3 is 19.3 Å². The van der Waals surface area contributed by atoms with Gasteiger partial charge in [-0.1, -0.05) is 30.2 Å². The number of hydrogen-bond donors (Lipinski definition) is 1. The molecule has 0 saturated carbocycles. The van der Waals surface area contributed by atoms with Crippen molar-refractivity contribution in [3.05, 3.63) is 59.4 Å². The summed E-state index contributed by atoms with van der Waals surface area (Å²) in [5.74, 6) is 7.24. The molecule has 1 N–H and O–H groups in total. The van der Waals surface area contributed by atoms with Crippen LogP contribution in [0.1, 0.15) is 55.5 Å². The normalized spacial score (nSPS) is 10.5. The third-order valence-corrected chi connectivity index (χ3v) is 4.85. The van der Waals surface area contributed by atoms with E-state index in [0.29, 0.717) is 43.0 Å². The minimum atomic E-state index is -0.286. The number of aliphatic hydroxyl groups excluding tert-OH is 1. The zero-order chi connectivity index (χ0) is 23.7. The predicted octanol–water partition coefficient (Wildman–Crippen LogP) is 4.58. The van der Waals surface area contributed by atoms with Crippen LogP contribution in [0.3, 0.4) is 0 Å². The summed E-state index contributed by atoms with van der Waals surface area (Å²) in [6.45, 7) is 0.696. The van der Waals surface area contributed by atoms with Crippen LogP contribution in [0.5, 0.6) is 11.5 Å². The summed E-state index contributed by atoms with van der Waals surface area (Å²) in [7, 11) is 3.04. The second-order valence-corrected chi connectivity index (χ2v) is 7.37. The fourth-order valence-corrected chi connectivity index (χ4v) is 2.99. The van der Waals surface area contributed by atoms with Crippen molar-refractivity contribution >= 4 is 12.0 Å². The number of rotatable bonds is 13. The Morgan fingerprint density at radius 1 is 1.09 bits per heavy atom. The van der Waals surface area contributed by atoms with E-state index in [1.54, 1.807) is 7.11 Å². The van der Waals surface area contributed by atoms with Gasteiger partial charge >= 0.3 is 5.97 Å². The fraction of sp³-hybridized carbons (Fsp3) is 0.407. The molecule has 1 heterocycles. The molecule has 0 saturated heterocycles. The molecule has 1 aromatic carbocycles. The van der Waals surface area contributed by atoms with Gasteiger partial charge in [0.1, 0.15) is 17.2 Å². The predicted molar refractivity (Wildman–Crippen MR) is 129 cm³/mol. The molecule has 0 unspecified atom stereocenters. The molecule has 0 atom stereocenters. The van der Waals surface area contributed by atoms with E-state index < -0.39 is 0 Å². The van der Waals surface area contributed by atoms with Gasteiger partial charge in [0.2, 0.25) is 0 Å². The Morgan fingerprint density at radius 2 is 1.91 bits per heavy atom. The zero-order valence-corrected chi connectivity index (χ0v) is 19.5. The smallest absolute Gasteiger partial charge is 0.305 e. The summed E-state index contributed by atoms with van der Waals surface area (Å²) in [5.41, 5.74) is 2.48. The highest BCUT2D eigenvalue weighted by Crippen LogP contribution is 2.20. The van der Waals surface area contributed by atoms with Gasteiger partial charge in [-0.25, -0.2) is 4.98 Å². The first-order valence-corrected chi connectivity index (χ1v) is 11.3. The lowest BCUT2D eigenvalue weighted by Crippen LogP contribution is -2.07. The second kappa shape index (κ2) is 15.5. The van der Waals surface area contributed by atoms with Crippen molar-refractivity contribution < 1.29 is 24.1 Å². The molecule has 0 radical (unpaired) electrons. The fourth-order valence-electron chi connectivity index (χ4n) is 2.99. The van der Waals surface area contributed by atoms with Crippen molar-refractivity contribution in [3.63, 3.8) is 0 Å². The molecule has 0 aliphatic rings. The van der Waals surface area contributed by atoms with E-state index in [4.69, 9.17) is 19.3 Å². The molecule has 2 aromatic rings. The van der Waals surface area contributed by atoms with Crippen LogP contribution in [-0.4, -0.2) is 43.5 Å². The number of aryl methyl sites for hydroxylation is 1. The zero-order valence-electron chi connectivity index (χ0n) is 19.5. The number of aromatic nitrogens is 1. The summed E-state index contributed by atoms with van der Waals surface area (Å²) in [6.07, 6.45) is 9.06. The molecule has 6 heteroatoms. The van der Waals surface area contributed by atoms with E-state index >= 15 is 0 Å². The summed E-state index contributed by atoms with van der Waals surface area (Å²) in [6, 6.07) is 11.6. The van der Waals surface area contributed by atoms with Gasteiger partial charge in [-0.05, 0) is 61.4 Å². The Hall–Kier alpha value is -3.30. The maximum absolute atomic E-state index is 11.6. The molecule has 0 fully saturated rings. The summed E-state index contributed by atoms with van der Waals surface area (Å²) >= 11 is 0. The molecule has 0 amide bonds.